The molecular weight excluding hydrogens is 268 g/mol. The van der Waals surface area contributed by atoms with Gasteiger partial charge in [-0.1, -0.05) is 0 Å². The Balaban J connectivity index is 2.24. The first-order valence-corrected chi connectivity index (χ1v) is 7.41. The second-order valence-electron chi connectivity index (χ2n) is 5.11. The van der Waals surface area contributed by atoms with E-state index >= 15 is 0 Å². The van der Waals surface area contributed by atoms with Gasteiger partial charge in [0.15, 0.2) is 0 Å². The van der Waals surface area contributed by atoms with Crippen LogP contribution in [0.25, 0.3) is 0 Å². The fourth-order valence-corrected chi connectivity index (χ4v) is 3.13. The van der Waals surface area contributed by atoms with Crippen LogP contribution in [0.1, 0.15) is 38.6 Å². The highest BCUT2D eigenvalue weighted by atomic mass is 32.1. The lowest BCUT2D eigenvalue weighted by molar-refractivity contribution is 0.0744. The van der Waals surface area contributed by atoms with Crippen LogP contribution in [-0.2, 0) is 0 Å². The summed E-state index contributed by atoms with van der Waals surface area (Å²) < 4.78 is 0. The van der Waals surface area contributed by atoms with Crippen LogP contribution in [0.3, 0.4) is 0 Å². The van der Waals surface area contributed by atoms with E-state index in [1.165, 1.54) is 9.75 Å². The summed E-state index contributed by atoms with van der Waals surface area (Å²) >= 11 is 1.73. The van der Waals surface area contributed by atoms with Gasteiger partial charge in [0.1, 0.15) is 0 Å². The second kappa shape index (κ2) is 5.67. The minimum absolute atomic E-state index is 0.0288. The van der Waals surface area contributed by atoms with E-state index < -0.39 is 0 Å². The summed E-state index contributed by atoms with van der Waals surface area (Å²) in [6.07, 6.45) is 0. The number of anilines is 1. The molecule has 0 aliphatic carbocycles. The number of hydrogen-bond acceptors (Lipinski definition) is 3. The summed E-state index contributed by atoms with van der Waals surface area (Å²) in [7, 11) is 1.85. The topological polar surface area (TPSA) is 46.3 Å². The van der Waals surface area contributed by atoms with E-state index in [2.05, 4.69) is 26.0 Å². The predicted octanol–water partition coefficient (Wildman–Crippen LogP) is 3.78. The normalized spacial score (nSPS) is 12.2. The van der Waals surface area contributed by atoms with Crippen molar-refractivity contribution in [3.05, 3.63) is 51.2 Å². The first-order chi connectivity index (χ1) is 9.40. The third-order valence-corrected chi connectivity index (χ3v) is 4.73. The molecule has 0 fully saturated rings. The minimum atomic E-state index is 0.0288. The molecule has 1 unspecified atom stereocenters. The van der Waals surface area contributed by atoms with E-state index in [0.717, 1.165) is 5.56 Å². The number of nitrogens with two attached hydrogens (primary N) is 1. The molecule has 1 aromatic heterocycles. The van der Waals surface area contributed by atoms with Crippen LogP contribution in [0, 0.1) is 13.8 Å². The summed E-state index contributed by atoms with van der Waals surface area (Å²) in [6, 6.07) is 9.65. The van der Waals surface area contributed by atoms with Crippen molar-refractivity contribution in [2.45, 2.75) is 26.8 Å². The predicted molar refractivity (Wildman–Crippen MR) is 85.2 cm³/mol. The minimum Gasteiger partial charge on any atom is -0.399 e. The summed E-state index contributed by atoms with van der Waals surface area (Å²) in [5.74, 6) is 0.0288. The summed E-state index contributed by atoms with van der Waals surface area (Å²) in [6.45, 7) is 6.04. The summed E-state index contributed by atoms with van der Waals surface area (Å²) in [5, 5.41) is 0. The van der Waals surface area contributed by atoms with Gasteiger partial charge in [0.25, 0.3) is 5.91 Å². The summed E-state index contributed by atoms with van der Waals surface area (Å²) in [4.78, 5) is 16.8. The number of thiophene rings is 1. The fraction of sp³-hybridized carbons (Fsp3) is 0.312. The number of carbonyl (C=O) groups excluding carboxylic acids is 1. The molecule has 0 aliphatic heterocycles. The van der Waals surface area contributed by atoms with Crippen molar-refractivity contribution in [1.82, 2.24) is 4.90 Å². The Morgan fingerprint density at radius 2 is 1.95 bits per heavy atom. The van der Waals surface area contributed by atoms with E-state index in [9.17, 15) is 4.79 Å². The number of nitrogens with zero attached hydrogens (tertiary/aromatic N) is 1. The molecule has 106 valence electrons. The molecule has 1 aromatic carbocycles. The largest absolute Gasteiger partial charge is 0.399 e. The molecule has 1 amide bonds. The zero-order valence-corrected chi connectivity index (χ0v) is 13.1. The lowest BCUT2D eigenvalue weighted by Gasteiger charge is -2.25. The quantitative estimate of drug-likeness (QED) is 0.874. The number of aryl methyl sites for hydroxylation is 2. The molecule has 3 nitrogen and oxygen atoms in total. The molecule has 4 heteroatoms. The van der Waals surface area contributed by atoms with Crippen molar-refractivity contribution >= 4 is 22.9 Å². The number of benzene rings is 1. The van der Waals surface area contributed by atoms with Gasteiger partial charge in [-0.3, -0.25) is 4.79 Å². The lowest BCUT2D eigenvalue weighted by Crippen LogP contribution is -2.29. The van der Waals surface area contributed by atoms with Crippen LogP contribution >= 0.6 is 11.3 Å². The van der Waals surface area contributed by atoms with Crippen LogP contribution < -0.4 is 5.73 Å². The Morgan fingerprint density at radius 3 is 2.50 bits per heavy atom. The molecule has 0 saturated carbocycles. The molecule has 1 atom stereocenters. The van der Waals surface area contributed by atoms with Crippen LogP contribution in [0.15, 0.2) is 30.3 Å². The average molecular weight is 288 g/mol. The van der Waals surface area contributed by atoms with Crippen molar-refractivity contribution in [2.75, 3.05) is 12.8 Å². The molecule has 2 rings (SSSR count). The summed E-state index contributed by atoms with van der Waals surface area (Å²) in [5.41, 5.74) is 8.04. The molecule has 0 saturated heterocycles. The van der Waals surface area contributed by atoms with Crippen molar-refractivity contribution in [3.8, 4) is 0 Å². The standard InChI is InChI=1S/C16H20N2OS/c1-10-9-13(17)6-7-14(10)16(19)18(4)12(3)15-8-5-11(2)20-15/h5-9,12H,17H2,1-4H3. The zero-order chi connectivity index (χ0) is 14.9. The number of amides is 1. The Labute approximate surface area is 124 Å². The Kier molecular flexibility index (Phi) is 4.14. The van der Waals surface area contributed by atoms with Gasteiger partial charge in [-0.25, -0.2) is 0 Å². The number of rotatable bonds is 3. The van der Waals surface area contributed by atoms with E-state index in [-0.39, 0.29) is 11.9 Å². The molecule has 20 heavy (non-hydrogen) atoms. The van der Waals surface area contributed by atoms with Crippen LogP contribution in [0.5, 0.6) is 0 Å². The Bertz CT molecular complexity index is 633. The Hall–Kier alpha value is -1.81. The van der Waals surface area contributed by atoms with Crippen LogP contribution in [-0.4, -0.2) is 17.9 Å². The maximum Gasteiger partial charge on any atom is 0.254 e. The highest BCUT2D eigenvalue weighted by Gasteiger charge is 2.21. The molecule has 1 heterocycles. The van der Waals surface area contributed by atoms with Crippen molar-refractivity contribution < 1.29 is 4.79 Å². The molecule has 2 aromatic rings. The number of nitrogen functional groups attached to an aromatic ring is 1. The van der Waals surface area contributed by atoms with Gasteiger partial charge in [0.2, 0.25) is 0 Å². The van der Waals surface area contributed by atoms with Crippen LogP contribution in [0.2, 0.25) is 0 Å². The monoisotopic (exact) mass is 288 g/mol. The molecular formula is C16H20N2OS. The van der Waals surface area contributed by atoms with Gasteiger partial charge >= 0.3 is 0 Å². The lowest BCUT2D eigenvalue weighted by atomic mass is 10.1. The van der Waals surface area contributed by atoms with Gasteiger partial charge in [0, 0.05) is 28.1 Å². The number of carbonyl (C=O) groups is 1. The molecule has 0 spiro atoms. The van der Waals surface area contributed by atoms with E-state index in [4.69, 9.17) is 5.73 Å². The van der Waals surface area contributed by atoms with Crippen molar-refractivity contribution in [1.29, 1.82) is 0 Å². The SMILES string of the molecule is Cc1ccc(C(C)N(C)C(=O)c2ccc(N)cc2C)s1. The van der Waals surface area contributed by atoms with E-state index in [1.807, 2.05) is 20.0 Å². The maximum absolute atomic E-state index is 12.6. The van der Waals surface area contributed by atoms with Crippen molar-refractivity contribution in [2.24, 2.45) is 0 Å². The first kappa shape index (κ1) is 14.6. The maximum atomic E-state index is 12.6. The van der Waals surface area contributed by atoms with Crippen molar-refractivity contribution in [3.63, 3.8) is 0 Å². The third kappa shape index (κ3) is 2.85. The van der Waals surface area contributed by atoms with E-state index in [0.29, 0.717) is 11.3 Å². The fourth-order valence-electron chi connectivity index (χ4n) is 2.16. The van der Waals surface area contributed by atoms with E-state index in [1.54, 1.807) is 28.4 Å². The van der Waals surface area contributed by atoms with Crippen LogP contribution in [0.4, 0.5) is 5.69 Å². The molecule has 0 aliphatic rings. The highest BCUT2D eigenvalue weighted by Crippen LogP contribution is 2.28. The number of hydrogen-bond donors (Lipinski definition) is 1. The first-order valence-electron chi connectivity index (χ1n) is 6.59. The van der Waals surface area contributed by atoms with Gasteiger partial charge in [0.05, 0.1) is 6.04 Å². The van der Waals surface area contributed by atoms with Gasteiger partial charge < -0.3 is 10.6 Å². The highest BCUT2D eigenvalue weighted by molar-refractivity contribution is 7.12. The molecule has 0 radical (unpaired) electrons. The molecule has 0 bridgehead atoms. The van der Waals surface area contributed by atoms with Gasteiger partial charge in [-0.2, -0.15) is 0 Å². The molecule has 2 N–H and O–H groups in total. The second-order valence-corrected chi connectivity index (χ2v) is 6.43. The smallest absolute Gasteiger partial charge is 0.254 e. The van der Waals surface area contributed by atoms with Gasteiger partial charge in [-0.15, -0.1) is 11.3 Å². The average Bonchev–Trinajstić information content (AvgIpc) is 2.83. The van der Waals surface area contributed by atoms with Gasteiger partial charge in [-0.05, 0) is 56.7 Å². The zero-order valence-electron chi connectivity index (χ0n) is 12.3. The third-order valence-electron chi connectivity index (χ3n) is 3.56. The Morgan fingerprint density at radius 1 is 1.25 bits per heavy atom.